The van der Waals surface area contributed by atoms with E-state index < -0.39 is 0 Å². The number of unbranched alkanes of at least 4 members (excludes halogenated alkanes) is 2. The van der Waals surface area contributed by atoms with Crippen LogP contribution in [0.3, 0.4) is 0 Å². The molecule has 4 heteroatoms. The molecule has 0 fully saturated rings. The number of hydrogen-bond donors (Lipinski definition) is 3. The molecule has 0 bridgehead atoms. The summed E-state index contributed by atoms with van der Waals surface area (Å²) in [4.78, 5) is 11.6. The van der Waals surface area contributed by atoms with E-state index in [2.05, 4.69) is 5.32 Å². The number of anilines is 1. The van der Waals surface area contributed by atoms with E-state index in [9.17, 15) is 9.90 Å². The van der Waals surface area contributed by atoms with Crippen LogP contribution in [-0.4, -0.2) is 17.6 Å². The normalized spacial score (nSPS) is 10.2. The number of rotatable bonds is 6. The molecule has 0 aliphatic carbocycles. The predicted molar refractivity (Wildman–Crippen MR) is 69.0 cm³/mol. The first-order chi connectivity index (χ1) is 8.13. The van der Waals surface area contributed by atoms with E-state index in [1.54, 1.807) is 18.2 Å². The van der Waals surface area contributed by atoms with E-state index in [4.69, 9.17) is 5.73 Å². The van der Waals surface area contributed by atoms with Crippen molar-refractivity contribution in [3.8, 4) is 5.75 Å². The van der Waals surface area contributed by atoms with Crippen molar-refractivity contribution in [2.75, 3.05) is 11.9 Å². The van der Waals surface area contributed by atoms with Gasteiger partial charge in [-0.15, -0.1) is 0 Å². The Balaban J connectivity index is 2.40. The lowest BCUT2D eigenvalue weighted by Gasteiger charge is -2.08. The highest BCUT2D eigenvalue weighted by atomic mass is 16.3. The maximum absolute atomic E-state index is 11.6. The first-order valence-corrected chi connectivity index (χ1v) is 5.93. The van der Waals surface area contributed by atoms with Crippen molar-refractivity contribution in [2.24, 2.45) is 5.73 Å². The maximum Gasteiger partial charge on any atom is 0.224 e. The number of hydrogen-bond acceptors (Lipinski definition) is 3. The van der Waals surface area contributed by atoms with Gasteiger partial charge in [0.15, 0.2) is 0 Å². The lowest BCUT2D eigenvalue weighted by Crippen LogP contribution is -2.12. The van der Waals surface area contributed by atoms with Crippen molar-refractivity contribution in [1.29, 1.82) is 0 Å². The molecule has 4 nitrogen and oxygen atoms in total. The average Bonchev–Trinajstić information content (AvgIpc) is 2.28. The quantitative estimate of drug-likeness (QED) is 0.523. The topological polar surface area (TPSA) is 75.3 Å². The summed E-state index contributed by atoms with van der Waals surface area (Å²) in [5, 5.41) is 12.1. The molecule has 0 spiro atoms. The number of phenols is 1. The molecule has 4 N–H and O–H groups in total. The van der Waals surface area contributed by atoms with Crippen LogP contribution in [0.1, 0.15) is 31.2 Å². The summed E-state index contributed by atoms with van der Waals surface area (Å²) in [6.07, 6.45) is 3.32. The molecule has 0 unspecified atom stereocenters. The van der Waals surface area contributed by atoms with Gasteiger partial charge in [-0.1, -0.05) is 6.42 Å². The minimum Gasteiger partial charge on any atom is -0.508 e. The zero-order valence-corrected chi connectivity index (χ0v) is 10.2. The van der Waals surface area contributed by atoms with E-state index in [-0.39, 0.29) is 11.7 Å². The summed E-state index contributed by atoms with van der Waals surface area (Å²) in [6.45, 7) is 2.53. The molecule has 1 aromatic carbocycles. The third-order valence-corrected chi connectivity index (χ3v) is 2.59. The molecule has 17 heavy (non-hydrogen) atoms. The highest BCUT2D eigenvalue weighted by Crippen LogP contribution is 2.20. The Kier molecular flexibility index (Phi) is 5.49. The van der Waals surface area contributed by atoms with Crippen molar-refractivity contribution in [1.82, 2.24) is 0 Å². The Morgan fingerprint density at radius 3 is 2.76 bits per heavy atom. The fraction of sp³-hybridized carbons (Fsp3) is 0.462. The first kappa shape index (κ1) is 13.5. The number of amides is 1. The van der Waals surface area contributed by atoms with Gasteiger partial charge in [0.05, 0.1) is 0 Å². The summed E-state index contributed by atoms with van der Waals surface area (Å²) in [7, 11) is 0. The summed E-state index contributed by atoms with van der Waals surface area (Å²) in [6, 6.07) is 4.91. The number of benzene rings is 1. The van der Waals surface area contributed by atoms with Crippen LogP contribution in [0.25, 0.3) is 0 Å². The van der Waals surface area contributed by atoms with Gasteiger partial charge in [-0.25, -0.2) is 0 Å². The van der Waals surface area contributed by atoms with Crippen LogP contribution in [0, 0.1) is 6.92 Å². The Hall–Kier alpha value is -1.55. The lowest BCUT2D eigenvalue weighted by molar-refractivity contribution is -0.116. The Morgan fingerprint density at radius 1 is 1.35 bits per heavy atom. The van der Waals surface area contributed by atoms with Crippen molar-refractivity contribution in [3.05, 3.63) is 23.8 Å². The molecule has 0 aliphatic heterocycles. The van der Waals surface area contributed by atoms with Gasteiger partial charge < -0.3 is 16.2 Å². The molecule has 0 aromatic heterocycles. The molecule has 0 saturated heterocycles. The van der Waals surface area contributed by atoms with E-state index >= 15 is 0 Å². The summed E-state index contributed by atoms with van der Waals surface area (Å²) < 4.78 is 0. The van der Waals surface area contributed by atoms with Crippen LogP contribution in [0.2, 0.25) is 0 Å². The molecule has 0 heterocycles. The first-order valence-electron chi connectivity index (χ1n) is 5.93. The SMILES string of the molecule is Cc1cc(O)ccc1NC(=O)CCCCCN. The maximum atomic E-state index is 11.6. The molecule has 1 aromatic rings. The van der Waals surface area contributed by atoms with Gasteiger partial charge in [-0.2, -0.15) is 0 Å². The van der Waals surface area contributed by atoms with E-state index in [0.717, 1.165) is 30.5 Å². The van der Waals surface area contributed by atoms with Gasteiger partial charge in [0.25, 0.3) is 0 Å². The Bertz CT molecular complexity index is 378. The van der Waals surface area contributed by atoms with Crippen molar-refractivity contribution < 1.29 is 9.90 Å². The zero-order chi connectivity index (χ0) is 12.7. The summed E-state index contributed by atoms with van der Waals surface area (Å²) >= 11 is 0. The number of nitrogens with two attached hydrogens (primary N) is 1. The predicted octanol–water partition coefficient (Wildman–Crippen LogP) is 2.16. The van der Waals surface area contributed by atoms with Gasteiger partial charge >= 0.3 is 0 Å². The fourth-order valence-corrected chi connectivity index (χ4v) is 1.61. The zero-order valence-electron chi connectivity index (χ0n) is 10.2. The monoisotopic (exact) mass is 236 g/mol. The van der Waals surface area contributed by atoms with Crippen LogP contribution in [0.5, 0.6) is 5.75 Å². The van der Waals surface area contributed by atoms with Crippen molar-refractivity contribution in [2.45, 2.75) is 32.6 Å². The Labute approximate surface area is 102 Å². The molecular weight excluding hydrogens is 216 g/mol. The number of carbonyl (C=O) groups excluding carboxylic acids is 1. The van der Waals surface area contributed by atoms with Gasteiger partial charge in [0.1, 0.15) is 5.75 Å². The van der Waals surface area contributed by atoms with Gasteiger partial charge in [-0.05, 0) is 50.1 Å². The van der Waals surface area contributed by atoms with Gasteiger partial charge in [0.2, 0.25) is 5.91 Å². The summed E-state index contributed by atoms with van der Waals surface area (Å²) in [5.41, 5.74) is 7.00. The second-order valence-corrected chi connectivity index (χ2v) is 4.15. The molecule has 94 valence electrons. The highest BCUT2D eigenvalue weighted by Gasteiger charge is 2.04. The lowest BCUT2D eigenvalue weighted by atomic mass is 10.1. The average molecular weight is 236 g/mol. The summed E-state index contributed by atoms with van der Waals surface area (Å²) in [5.74, 6) is 0.222. The molecule has 1 amide bonds. The van der Waals surface area contributed by atoms with Gasteiger partial charge in [-0.3, -0.25) is 4.79 Å². The molecule has 0 radical (unpaired) electrons. The molecule has 0 atom stereocenters. The number of phenolic OH excluding ortho intramolecular Hbond substituents is 1. The van der Waals surface area contributed by atoms with Crippen LogP contribution >= 0.6 is 0 Å². The van der Waals surface area contributed by atoms with Crippen LogP contribution in [-0.2, 0) is 4.79 Å². The van der Waals surface area contributed by atoms with E-state index in [0.29, 0.717) is 13.0 Å². The minimum absolute atomic E-state index is 0.0100. The van der Waals surface area contributed by atoms with Crippen molar-refractivity contribution in [3.63, 3.8) is 0 Å². The molecule has 1 rings (SSSR count). The van der Waals surface area contributed by atoms with Gasteiger partial charge in [0, 0.05) is 12.1 Å². The standard InChI is InChI=1S/C13H20N2O2/c1-10-9-11(16)6-7-12(10)15-13(17)5-3-2-4-8-14/h6-7,9,16H,2-5,8,14H2,1H3,(H,15,17). The number of aryl methyl sites for hydroxylation is 1. The second-order valence-electron chi connectivity index (χ2n) is 4.15. The third kappa shape index (κ3) is 4.87. The van der Waals surface area contributed by atoms with Crippen molar-refractivity contribution >= 4 is 11.6 Å². The van der Waals surface area contributed by atoms with Crippen LogP contribution in [0.15, 0.2) is 18.2 Å². The van der Waals surface area contributed by atoms with Crippen LogP contribution in [0.4, 0.5) is 5.69 Å². The molecule has 0 aliphatic rings. The smallest absolute Gasteiger partial charge is 0.224 e. The minimum atomic E-state index is 0.0100. The molecule has 0 saturated carbocycles. The second kappa shape index (κ2) is 6.91. The number of nitrogens with one attached hydrogen (secondary N) is 1. The van der Waals surface area contributed by atoms with E-state index in [1.165, 1.54) is 0 Å². The Morgan fingerprint density at radius 2 is 2.12 bits per heavy atom. The number of aromatic hydroxyl groups is 1. The largest absolute Gasteiger partial charge is 0.508 e. The van der Waals surface area contributed by atoms with Crippen LogP contribution < -0.4 is 11.1 Å². The highest BCUT2D eigenvalue weighted by molar-refractivity contribution is 5.91. The molecular formula is C13H20N2O2. The number of carbonyl (C=O) groups is 1. The fourth-order valence-electron chi connectivity index (χ4n) is 1.61. The third-order valence-electron chi connectivity index (χ3n) is 2.59. The van der Waals surface area contributed by atoms with E-state index in [1.807, 2.05) is 6.92 Å².